The van der Waals surface area contributed by atoms with Crippen LogP contribution in [0.4, 0.5) is 0 Å². The van der Waals surface area contributed by atoms with Gasteiger partial charge in [-0.25, -0.2) is 0 Å². The molecule has 140 valence electrons. The predicted molar refractivity (Wildman–Crippen MR) is 107 cm³/mol. The van der Waals surface area contributed by atoms with Gasteiger partial charge in [0.15, 0.2) is 0 Å². The molecule has 1 amide bonds. The second kappa shape index (κ2) is 11.1. The maximum absolute atomic E-state index is 12.5. The van der Waals surface area contributed by atoms with Crippen LogP contribution in [0.25, 0.3) is 5.57 Å². The number of aryl methyl sites for hydroxylation is 1. The second-order valence-corrected chi connectivity index (χ2v) is 7.13. The van der Waals surface area contributed by atoms with E-state index < -0.39 is 0 Å². The Morgan fingerprint density at radius 3 is 2.28 bits per heavy atom. The highest BCUT2D eigenvalue weighted by Crippen LogP contribution is 2.26. The summed E-state index contributed by atoms with van der Waals surface area (Å²) in [6.45, 7) is 9.35. The lowest BCUT2D eigenvalue weighted by molar-refractivity contribution is -0.132. The summed E-state index contributed by atoms with van der Waals surface area (Å²) in [6, 6.07) is 8.58. The fraction of sp³-hybridized carbons (Fsp3) is 0.591. The van der Waals surface area contributed by atoms with Crippen LogP contribution in [0.2, 0.25) is 0 Å². The van der Waals surface area contributed by atoms with E-state index in [0.29, 0.717) is 6.42 Å². The summed E-state index contributed by atoms with van der Waals surface area (Å²) in [7, 11) is 3.60. The molecular formula is C22H35NO2. The quantitative estimate of drug-likeness (QED) is 0.543. The van der Waals surface area contributed by atoms with Gasteiger partial charge in [-0.2, -0.15) is 0 Å². The van der Waals surface area contributed by atoms with E-state index in [1.54, 1.807) is 7.11 Å². The molecule has 1 unspecified atom stereocenters. The molecule has 3 heteroatoms. The molecule has 1 rings (SSSR count). The van der Waals surface area contributed by atoms with Gasteiger partial charge in [0.05, 0.1) is 12.5 Å². The number of carbonyl (C=O) groups is 1. The van der Waals surface area contributed by atoms with Crippen LogP contribution in [0.1, 0.15) is 64.0 Å². The lowest BCUT2D eigenvalue weighted by Crippen LogP contribution is -2.31. The van der Waals surface area contributed by atoms with Gasteiger partial charge in [0, 0.05) is 20.7 Å². The number of rotatable bonds is 10. The predicted octanol–water partition coefficient (Wildman–Crippen LogP) is 5.23. The lowest BCUT2D eigenvalue weighted by atomic mass is 9.94. The molecule has 0 radical (unpaired) electrons. The van der Waals surface area contributed by atoms with Crippen molar-refractivity contribution < 1.29 is 9.53 Å². The number of allylic oxidation sites excluding steroid dienone is 1. The topological polar surface area (TPSA) is 29.5 Å². The molecule has 0 fully saturated rings. The Bertz CT molecular complexity index is 556. The Morgan fingerprint density at radius 2 is 1.76 bits per heavy atom. The number of hydrogen-bond donors (Lipinski definition) is 0. The fourth-order valence-electron chi connectivity index (χ4n) is 2.91. The van der Waals surface area contributed by atoms with Gasteiger partial charge in [0.1, 0.15) is 0 Å². The smallest absolute Gasteiger partial charge is 0.224 e. The van der Waals surface area contributed by atoms with Crippen LogP contribution in [0.5, 0.6) is 0 Å². The highest BCUT2D eigenvalue weighted by Gasteiger charge is 2.19. The largest absolute Gasteiger partial charge is 0.381 e. The third-order valence-corrected chi connectivity index (χ3v) is 4.69. The molecule has 0 saturated carbocycles. The maximum atomic E-state index is 12.5. The van der Waals surface area contributed by atoms with Crippen LogP contribution in [-0.4, -0.2) is 37.6 Å². The van der Waals surface area contributed by atoms with Crippen molar-refractivity contribution in [1.82, 2.24) is 4.90 Å². The van der Waals surface area contributed by atoms with Gasteiger partial charge in [-0.3, -0.25) is 4.79 Å². The molecule has 0 aliphatic rings. The summed E-state index contributed by atoms with van der Waals surface area (Å²) in [6.07, 6.45) is 4.51. The van der Waals surface area contributed by atoms with Gasteiger partial charge in [-0.1, -0.05) is 55.2 Å². The van der Waals surface area contributed by atoms with Crippen LogP contribution in [-0.2, 0) is 9.53 Å². The summed E-state index contributed by atoms with van der Waals surface area (Å²) in [5.41, 5.74) is 5.02. The minimum atomic E-state index is -0.0904. The monoisotopic (exact) mass is 345 g/mol. The molecule has 1 atom stereocenters. The van der Waals surface area contributed by atoms with Gasteiger partial charge in [-0.15, -0.1) is 0 Å². The first-order valence-corrected chi connectivity index (χ1v) is 9.39. The third-order valence-electron chi connectivity index (χ3n) is 4.69. The van der Waals surface area contributed by atoms with Crippen LogP contribution in [0.15, 0.2) is 29.8 Å². The van der Waals surface area contributed by atoms with E-state index in [0.717, 1.165) is 19.4 Å². The minimum absolute atomic E-state index is 0.0904. The molecule has 0 N–H and O–H groups in total. The van der Waals surface area contributed by atoms with E-state index in [4.69, 9.17) is 4.74 Å². The maximum Gasteiger partial charge on any atom is 0.224 e. The molecule has 1 aromatic rings. The molecule has 25 heavy (non-hydrogen) atoms. The van der Waals surface area contributed by atoms with E-state index in [1.807, 2.05) is 11.9 Å². The normalized spacial score (nSPS) is 11.9. The van der Waals surface area contributed by atoms with Crippen molar-refractivity contribution in [3.63, 3.8) is 0 Å². The van der Waals surface area contributed by atoms with Gasteiger partial charge in [0.2, 0.25) is 5.91 Å². The Hall–Kier alpha value is -1.61. The van der Waals surface area contributed by atoms with E-state index in [1.165, 1.54) is 35.1 Å². The molecule has 0 aliphatic heterocycles. The summed E-state index contributed by atoms with van der Waals surface area (Å²) >= 11 is 0. The lowest BCUT2D eigenvalue weighted by Gasteiger charge is -2.22. The SMILES string of the molecule is CCCCCN(C)C(=O)CC(CC(=C(C)C)c1ccc(C)cc1)OC. The second-order valence-electron chi connectivity index (χ2n) is 7.13. The molecule has 1 aromatic carbocycles. The molecule has 0 spiro atoms. The number of amides is 1. The Balaban J connectivity index is 2.73. The molecule has 0 aromatic heterocycles. The molecule has 0 aliphatic carbocycles. The van der Waals surface area contributed by atoms with Gasteiger partial charge >= 0.3 is 0 Å². The van der Waals surface area contributed by atoms with Crippen molar-refractivity contribution in [2.75, 3.05) is 20.7 Å². The van der Waals surface area contributed by atoms with Crippen molar-refractivity contribution in [2.24, 2.45) is 0 Å². The number of carbonyl (C=O) groups excluding carboxylic acids is 1. The highest BCUT2D eigenvalue weighted by atomic mass is 16.5. The summed E-state index contributed by atoms with van der Waals surface area (Å²) in [5.74, 6) is 0.167. The zero-order valence-electron chi connectivity index (χ0n) is 16.9. The van der Waals surface area contributed by atoms with Crippen LogP contribution >= 0.6 is 0 Å². The zero-order chi connectivity index (χ0) is 18.8. The standard InChI is InChI=1S/C22H35NO2/c1-7-8-9-14-23(5)22(24)16-20(25-6)15-21(17(2)3)19-12-10-18(4)11-13-19/h10-13,20H,7-9,14-16H2,1-6H3. The van der Waals surface area contributed by atoms with Crippen molar-refractivity contribution in [3.8, 4) is 0 Å². The van der Waals surface area contributed by atoms with E-state index in [2.05, 4.69) is 52.0 Å². The van der Waals surface area contributed by atoms with Crippen molar-refractivity contribution in [2.45, 2.75) is 65.9 Å². The average molecular weight is 346 g/mol. The Labute approximate surface area is 154 Å². The summed E-state index contributed by atoms with van der Waals surface area (Å²) in [5, 5.41) is 0. The van der Waals surface area contributed by atoms with Gasteiger partial charge in [-0.05, 0) is 44.7 Å². The minimum Gasteiger partial charge on any atom is -0.381 e. The van der Waals surface area contributed by atoms with Crippen LogP contribution in [0.3, 0.4) is 0 Å². The van der Waals surface area contributed by atoms with Crippen LogP contribution in [0, 0.1) is 6.92 Å². The summed E-state index contributed by atoms with van der Waals surface area (Å²) < 4.78 is 5.64. The first-order valence-electron chi connectivity index (χ1n) is 9.39. The number of hydrogen-bond acceptors (Lipinski definition) is 2. The number of unbranched alkanes of at least 4 members (excludes halogenated alkanes) is 2. The van der Waals surface area contributed by atoms with Gasteiger partial charge in [0.25, 0.3) is 0 Å². The highest BCUT2D eigenvalue weighted by molar-refractivity contribution is 5.77. The fourth-order valence-corrected chi connectivity index (χ4v) is 2.91. The number of ether oxygens (including phenoxy) is 1. The first kappa shape index (κ1) is 21.4. The Morgan fingerprint density at radius 1 is 1.12 bits per heavy atom. The Kier molecular flexibility index (Phi) is 9.51. The van der Waals surface area contributed by atoms with Crippen molar-refractivity contribution >= 4 is 11.5 Å². The third kappa shape index (κ3) is 7.43. The average Bonchev–Trinajstić information content (AvgIpc) is 2.59. The number of methoxy groups -OCH3 is 1. The van der Waals surface area contributed by atoms with Crippen molar-refractivity contribution in [1.29, 1.82) is 0 Å². The molecule has 0 bridgehead atoms. The molecule has 0 heterocycles. The number of nitrogens with zero attached hydrogens (tertiary/aromatic N) is 1. The first-order chi connectivity index (χ1) is 11.9. The van der Waals surface area contributed by atoms with E-state index in [9.17, 15) is 4.79 Å². The van der Waals surface area contributed by atoms with E-state index in [-0.39, 0.29) is 12.0 Å². The molecule has 3 nitrogen and oxygen atoms in total. The molecule has 0 saturated heterocycles. The van der Waals surface area contributed by atoms with Gasteiger partial charge < -0.3 is 9.64 Å². The van der Waals surface area contributed by atoms with Crippen LogP contribution < -0.4 is 0 Å². The van der Waals surface area contributed by atoms with Crippen molar-refractivity contribution in [3.05, 3.63) is 41.0 Å². The zero-order valence-corrected chi connectivity index (χ0v) is 16.9. The number of benzene rings is 1. The summed E-state index contributed by atoms with van der Waals surface area (Å²) in [4.78, 5) is 14.3. The molecular weight excluding hydrogens is 310 g/mol. The van der Waals surface area contributed by atoms with E-state index >= 15 is 0 Å².